The van der Waals surface area contributed by atoms with Gasteiger partial charge in [0, 0.05) is 29.2 Å². The summed E-state index contributed by atoms with van der Waals surface area (Å²) in [5, 5.41) is 0. The van der Waals surface area contributed by atoms with Crippen LogP contribution in [0, 0.1) is 30.6 Å². The summed E-state index contributed by atoms with van der Waals surface area (Å²) >= 11 is 0. The largest absolute Gasteiger partial charge is 0.495 e. The van der Waals surface area contributed by atoms with Gasteiger partial charge in [-0.3, -0.25) is 14.4 Å². The third-order valence-corrected chi connectivity index (χ3v) is 6.49. The molecular weight excluding hydrogens is 344 g/mol. The summed E-state index contributed by atoms with van der Waals surface area (Å²) in [7, 11) is -2.22. The zero-order chi connectivity index (χ0) is 18.7. The summed E-state index contributed by atoms with van der Waals surface area (Å²) in [6.45, 7) is 3.32. The van der Waals surface area contributed by atoms with Crippen molar-refractivity contribution in [2.24, 2.45) is 23.7 Å². The third-order valence-electron chi connectivity index (χ3n) is 5.37. The van der Waals surface area contributed by atoms with Gasteiger partial charge in [-0.15, -0.1) is 0 Å². The van der Waals surface area contributed by atoms with E-state index in [0.717, 1.165) is 6.26 Å². The number of ketones is 3. The van der Waals surface area contributed by atoms with Gasteiger partial charge in [-0.05, 0) is 31.4 Å². The van der Waals surface area contributed by atoms with Crippen LogP contribution in [0.4, 0.5) is 0 Å². The van der Waals surface area contributed by atoms with Crippen molar-refractivity contribution in [1.29, 1.82) is 0 Å². The van der Waals surface area contributed by atoms with E-state index in [-0.39, 0.29) is 45.5 Å². The van der Waals surface area contributed by atoms with Gasteiger partial charge in [-0.25, -0.2) is 8.42 Å². The maximum atomic E-state index is 12.9. The molecule has 7 heteroatoms. The fourth-order valence-corrected chi connectivity index (χ4v) is 4.70. The van der Waals surface area contributed by atoms with Gasteiger partial charge in [0.1, 0.15) is 16.6 Å². The minimum Gasteiger partial charge on any atom is -0.495 e. The predicted octanol–water partition coefficient (Wildman–Crippen LogP) is 1.63. The van der Waals surface area contributed by atoms with Crippen LogP contribution in [0.3, 0.4) is 0 Å². The Kier molecular flexibility index (Phi) is 4.10. The van der Waals surface area contributed by atoms with Gasteiger partial charge in [-0.2, -0.15) is 0 Å². The van der Waals surface area contributed by atoms with Crippen LogP contribution in [-0.2, 0) is 19.4 Å². The lowest BCUT2D eigenvalue weighted by Gasteiger charge is -2.24. The molecule has 0 bridgehead atoms. The van der Waals surface area contributed by atoms with E-state index in [1.165, 1.54) is 19.2 Å². The molecule has 0 unspecified atom stereocenters. The normalized spacial score (nSPS) is 28.5. The standard InChI is InChI=1S/C18H20O6S/c1-8-11-7-12(11)17(21)14(15(8)19)16(20)10-5-6-13(25(4,22)23)18(24-3)9(10)2/h5-6,8,11-12,14H,7H2,1-4H3/t8-,11-,12-,14+/m1/s1. The molecule has 0 amide bonds. The van der Waals surface area contributed by atoms with Gasteiger partial charge < -0.3 is 4.74 Å². The van der Waals surface area contributed by atoms with Gasteiger partial charge in [0.25, 0.3) is 0 Å². The first-order chi connectivity index (χ1) is 11.6. The van der Waals surface area contributed by atoms with Crippen LogP contribution in [0.2, 0.25) is 0 Å². The SMILES string of the molecule is COc1c(S(C)(=O)=O)ccc(C(=O)[C@@H]2C(=O)[C@H](C)[C@H]3C[C@H]3C2=O)c1C. The van der Waals surface area contributed by atoms with Crippen LogP contribution in [0.25, 0.3) is 0 Å². The average molecular weight is 364 g/mol. The minimum atomic E-state index is -3.54. The predicted molar refractivity (Wildman–Crippen MR) is 89.4 cm³/mol. The highest BCUT2D eigenvalue weighted by Crippen LogP contribution is 2.51. The molecule has 2 fully saturated rings. The summed E-state index contributed by atoms with van der Waals surface area (Å²) in [4.78, 5) is 37.9. The van der Waals surface area contributed by atoms with Crippen LogP contribution < -0.4 is 4.74 Å². The molecule has 2 saturated carbocycles. The molecule has 25 heavy (non-hydrogen) atoms. The molecule has 1 aromatic rings. The number of hydrogen-bond acceptors (Lipinski definition) is 6. The van der Waals surface area contributed by atoms with Crippen LogP contribution in [0.5, 0.6) is 5.75 Å². The monoisotopic (exact) mass is 364 g/mol. The molecule has 0 spiro atoms. The number of hydrogen-bond donors (Lipinski definition) is 0. The molecule has 3 rings (SSSR count). The highest BCUT2D eigenvalue weighted by atomic mass is 32.2. The first kappa shape index (κ1) is 17.8. The van der Waals surface area contributed by atoms with E-state index in [2.05, 4.69) is 0 Å². The summed E-state index contributed by atoms with van der Waals surface area (Å²) < 4.78 is 28.9. The van der Waals surface area contributed by atoms with Crippen LogP contribution in [-0.4, -0.2) is 39.1 Å². The van der Waals surface area contributed by atoms with Gasteiger partial charge in [0.05, 0.1) is 7.11 Å². The van der Waals surface area contributed by atoms with E-state index < -0.39 is 21.5 Å². The summed E-state index contributed by atoms with van der Waals surface area (Å²) in [6, 6.07) is 2.65. The Morgan fingerprint density at radius 1 is 1.20 bits per heavy atom. The number of rotatable bonds is 4. The molecule has 0 N–H and O–H groups in total. The van der Waals surface area contributed by atoms with Crippen LogP contribution >= 0.6 is 0 Å². The van der Waals surface area contributed by atoms with E-state index in [9.17, 15) is 22.8 Å². The zero-order valence-electron chi connectivity index (χ0n) is 14.5. The van der Waals surface area contributed by atoms with Crippen molar-refractivity contribution in [2.75, 3.05) is 13.4 Å². The van der Waals surface area contributed by atoms with Crippen molar-refractivity contribution in [3.05, 3.63) is 23.3 Å². The lowest BCUT2D eigenvalue weighted by Crippen LogP contribution is -2.41. The summed E-state index contributed by atoms with van der Waals surface area (Å²) in [5.41, 5.74) is 0.476. The molecule has 0 saturated heterocycles. The maximum absolute atomic E-state index is 12.9. The van der Waals surface area contributed by atoms with Crippen molar-refractivity contribution in [1.82, 2.24) is 0 Å². The average Bonchev–Trinajstić information content (AvgIpc) is 3.32. The molecule has 1 aromatic carbocycles. The Hall–Kier alpha value is -2.02. The van der Waals surface area contributed by atoms with E-state index in [4.69, 9.17) is 4.74 Å². The molecule has 0 heterocycles. The number of carbonyl (C=O) groups is 3. The van der Waals surface area contributed by atoms with Gasteiger partial charge >= 0.3 is 0 Å². The van der Waals surface area contributed by atoms with Gasteiger partial charge in [-0.1, -0.05) is 6.92 Å². The first-order valence-corrected chi connectivity index (χ1v) is 9.98. The lowest BCUT2D eigenvalue weighted by molar-refractivity contribution is -0.136. The summed E-state index contributed by atoms with van der Waals surface area (Å²) in [6.07, 6.45) is 1.72. The van der Waals surface area contributed by atoms with E-state index in [1.54, 1.807) is 13.8 Å². The van der Waals surface area contributed by atoms with E-state index in [0.29, 0.717) is 12.0 Å². The van der Waals surface area contributed by atoms with Crippen molar-refractivity contribution in [3.63, 3.8) is 0 Å². The number of sulfone groups is 1. The molecule has 0 radical (unpaired) electrons. The smallest absolute Gasteiger partial charge is 0.181 e. The maximum Gasteiger partial charge on any atom is 0.181 e. The highest BCUT2D eigenvalue weighted by Gasteiger charge is 2.58. The minimum absolute atomic E-state index is 0.0269. The third kappa shape index (κ3) is 2.70. The lowest BCUT2D eigenvalue weighted by atomic mass is 9.76. The number of ether oxygens (including phenoxy) is 1. The number of carbonyl (C=O) groups excluding carboxylic acids is 3. The Morgan fingerprint density at radius 3 is 2.40 bits per heavy atom. The van der Waals surface area contributed by atoms with Crippen molar-refractivity contribution in [2.45, 2.75) is 25.2 Å². The highest BCUT2D eigenvalue weighted by molar-refractivity contribution is 7.90. The first-order valence-electron chi connectivity index (χ1n) is 8.09. The van der Waals surface area contributed by atoms with Gasteiger partial charge in [0.15, 0.2) is 27.2 Å². The molecule has 2 aliphatic rings. The summed E-state index contributed by atoms with van der Waals surface area (Å²) in [5.74, 6) is -2.83. The van der Waals surface area contributed by atoms with E-state index >= 15 is 0 Å². The van der Waals surface area contributed by atoms with Crippen LogP contribution in [0.15, 0.2) is 17.0 Å². The fraction of sp³-hybridized carbons (Fsp3) is 0.500. The number of benzene rings is 1. The molecule has 0 aromatic heterocycles. The number of Topliss-reactive ketones (excluding diaryl/α,β-unsaturated/α-hetero) is 3. The molecule has 4 atom stereocenters. The topological polar surface area (TPSA) is 94.6 Å². The van der Waals surface area contributed by atoms with Crippen molar-refractivity contribution >= 4 is 27.2 Å². The Balaban J connectivity index is 2.06. The van der Waals surface area contributed by atoms with Gasteiger partial charge in [0.2, 0.25) is 0 Å². The fourth-order valence-electron chi connectivity index (χ4n) is 3.82. The molecular formula is C18H20O6S. The zero-order valence-corrected chi connectivity index (χ0v) is 15.3. The van der Waals surface area contributed by atoms with E-state index in [1.807, 2.05) is 0 Å². The second-order valence-corrected chi connectivity index (χ2v) is 8.92. The molecule has 0 aliphatic heterocycles. The Morgan fingerprint density at radius 2 is 1.84 bits per heavy atom. The number of fused-ring (bicyclic) bond motifs is 1. The molecule has 2 aliphatic carbocycles. The second kappa shape index (κ2) is 5.76. The molecule has 134 valence electrons. The quantitative estimate of drug-likeness (QED) is 0.595. The van der Waals surface area contributed by atoms with Crippen LogP contribution in [0.1, 0.15) is 29.3 Å². The Labute approximate surface area is 146 Å². The second-order valence-electron chi connectivity index (χ2n) is 6.94. The Bertz CT molecular complexity index is 898. The van der Waals surface area contributed by atoms with Crippen molar-refractivity contribution in [3.8, 4) is 5.75 Å². The number of methoxy groups -OCH3 is 1. The molecule has 6 nitrogen and oxygen atoms in total. The van der Waals surface area contributed by atoms with Crippen molar-refractivity contribution < 1.29 is 27.5 Å².